The van der Waals surface area contributed by atoms with Crippen LogP contribution in [0.2, 0.25) is 0 Å². The van der Waals surface area contributed by atoms with Gasteiger partial charge < -0.3 is 10.4 Å². The highest BCUT2D eigenvalue weighted by Crippen LogP contribution is 2.07. The fraction of sp³-hybridized carbons (Fsp3) is 0.727. The molecule has 0 saturated carbocycles. The van der Waals surface area contributed by atoms with Crippen LogP contribution in [0.3, 0.4) is 0 Å². The molecule has 0 aromatic carbocycles. The molecule has 2 N–H and O–H groups in total. The maximum atomic E-state index is 9.54. The van der Waals surface area contributed by atoms with Gasteiger partial charge in [0.2, 0.25) is 0 Å². The molecule has 0 aliphatic carbocycles. The predicted octanol–water partition coefficient (Wildman–Crippen LogP) is 0.843. The Morgan fingerprint density at radius 3 is 2.73 bits per heavy atom. The molecule has 0 aliphatic heterocycles. The first-order chi connectivity index (χ1) is 6.92. The van der Waals surface area contributed by atoms with Crippen molar-refractivity contribution in [1.29, 1.82) is 0 Å². The highest BCUT2D eigenvalue weighted by atomic mass is 16.3. The summed E-state index contributed by atoms with van der Waals surface area (Å²) in [7, 11) is 1.93. The predicted molar refractivity (Wildman–Crippen MR) is 60.6 cm³/mol. The van der Waals surface area contributed by atoms with Crippen molar-refractivity contribution >= 4 is 0 Å². The number of aliphatic hydroxyl groups is 1. The van der Waals surface area contributed by atoms with E-state index in [9.17, 15) is 5.11 Å². The molecule has 1 aromatic heterocycles. The second-order valence-corrected chi connectivity index (χ2v) is 4.54. The maximum Gasteiger partial charge on any atom is 0.0715 e. The van der Waals surface area contributed by atoms with Crippen molar-refractivity contribution in [3.8, 4) is 0 Å². The smallest absolute Gasteiger partial charge is 0.0715 e. The third kappa shape index (κ3) is 4.01. The van der Waals surface area contributed by atoms with E-state index in [-0.39, 0.29) is 0 Å². The van der Waals surface area contributed by atoms with E-state index in [1.54, 1.807) is 13.8 Å². The number of hydrogen-bond acceptors (Lipinski definition) is 3. The van der Waals surface area contributed by atoms with Crippen molar-refractivity contribution in [2.45, 2.75) is 39.3 Å². The fourth-order valence-corrected chi connectivity index (χ4v) is 1.53. The van der Waals surface area contributed by atoms with Gasteiger partial charge in [-0.05, 0) is 20.3 Å². The summed E-state index contributed by atoms with van der Waals surface area (Å²) in [5, 5.41) is 17.1. The fourth-order valence-electron chi connectivity index (χ4n) is 1.53. The zero-order valence-corrected chi connectivity index (χ0v) is 10.0. The van der Waals surface area contributed by atoms with E-state index in [1.807, 2.05) is 17.9 Å². The van der Waals surface area contributed by atoms with Crippen LogP contribution in [0, 0.1) is 0 Å². The summed E-state index contributed by atoms with van der Waals surface area (Å²) in [6.45, 7) is 7.04. The molecule has 0 spiro atoms. The number of aryl methyl sites for hydroxylation is 2. The van der Waals surface area contributed by atoms with Crippen molar-refractivity contribution < 1.29 is 5.11 Å². The molecule has 86 valence electrons. The largest absolute Gasteiger partial charge is 0.389 e. The first-order valence-electron chi connectivity index (χ1n) is 5.37. The van der Waals surface area contributed by atoms with Crippen LogP contribution < -0.4 is 5.32 Å². The molecule has 0 aliphatic rings. The Hall–Kier alpha value is -0.870. The van der Waals surface area contributed by atoms with Crippen LogP contribution in [0.4, 0.5) is 0 Å². The average Bonchev–Trinajstić information content (AvgIpc) is 2.44. The van der Waals surface area contributed by atoms with Crippen LogP contribution in [0.5, 0.6) is 0 Å². The van der Waals surface area contributed by atoms with Gasteiger partial charge in [0.15, 0.2) is 0 Å². The quantitative estimate of drug-likeness (QED) is 0.759. The lowest BCUT2D eigenvalue weighted by molar-refractivity contribution is 0.0795. The molecule has 0 radical (unpaired) electrons. The van der Waals surface area contributed by atoms with Gasteiger partial charge in [-0.3, -0.25) is 4.68 Å². The Balaban J connectivity index is 2.50. The summed E-state index contributed by atoms with van der Waals surface area (Å²) in [6.07, 6.45) is 2.97. The van der Waals surface area contributed by atoms with Gasteiger partial charge in [-0.1, -0.05) is 6.92 Å². The third-order valence-electron chi connectivity index (χ3n) is 2.20. The summed E-state index contributed by atoms with van der Waals surface area (Å²) < 4.78 is 1.83. The second-order valence-electron chi connectivity index (χ2n) is 4.54. The van der Waals surface area contributed by atoms with E-state index >= 15 is 0 Å². The van der Waals surface area contributed by atoms with Gasteiger partial charge in [0.25, 0.3) is 0 Å². The lowest BCUT2D eigenvalue weighted by Gasteiger charge is -2.17. The first-order valence-corrected chi connectivity index (χ1v) is 5.37. The van der Waals surface area contributed by atoms with Gasteiger partial charge in [0, 0.05) is 31.9 Å². The van der Waals surface area contributed by atoms with E-state index in [0.717, 1.165) is 18.7 Å². The number of nitrogens with zero attached hydrogens (tertiary/aromatic N) is 2. The molecule has 4 nitrogen and oxygen atoms in total. The molecule has 1 rings (SSSR count). The van der Waals surface area contributed by atoms with Gasteiger partial charge in [0.1, 0.15) is 0 Å². The van der Waals surface area contributed by atoms with Gasteiger partial charge in [0.05, 0.1) is 11.3 Å². The molecule has 0 saturated heterocycles. The summed E-state index contributed by atoms with van der Waals surface area (Å²) in [5.41, 5.74) is 1.68. The SMILES string of the molecule is CCc1nn(C)cc1CNCC(C)(C)O. The summed E-state index contributed by atoms with van der Waals surface area (Å²) >= 11 is 0. The van der Waals surface area contributed by atoms with E-state index in [0.29, 0.717) is 6.54 Å². The zero-order chi connectivity index (χ0) is 11.5. The second kappa shape index (κ2) is 4.77. The van der Waals surface area contributed by atoms with Crippen molar-refractivity contribution in [3.05, 3.63) is 17.5 Å². The topological polar surface area (TPSA) is 50.1 Å². The monoisotopic (exact) mass is 211 g/mol. The van der Waals surface area contributed by atoms with E-state index in [4.69, 9.17) is 0 Å². The van der Waals surface area contributed by atoms with Crippen LogP contribution >= 0.6 is 0 Å². The molecule has 0 fully saturated rings. The normalized spacial score (nSPS) is 12.1. The minimum atomic E-state index is -0.658. The highest BCUT2D eigenvalue weighted by molar-refractivity contribution is 5.16. The molecule has 4 heteroatoms. The number of hydrogen-bond donors (Lipinski definition) is 2. The minimum Gasteiger partial charge on any atom is -0.389 e. The lowest BCUT2D eigenvalue weighted by Crippen LogP contribution is -2.34. The minimum absolute atomic E-state index is 0.588. The zero-order valence-electron chi connectivity index (χ0n) is 10.0. The number of rotatable bonds is 5. The van der Waals surface area contributed by atoms with Gasteiger partial charge in [-0.15, -0.1) is 0 Å². The summed E-state index contributed by atoms with van der Waals surface area (Å²) in [5.74, 6) is 0. The van der Waals surface area contributed by atoms with E-state index in [2.05, 4.69) is 17.3 Å². The number of nitrogens with one attached hydrogen (secondary N) is 1. The molecule has 0 bridgehead atoms. The standard InChI is InChI=1S/C11H21N3O/c1-5-10-9(7-14(4)13-10)6-12-8-11(2,3)15/h7,12,15H,5-6,8H2,1-4H3. The Bertz CT molecular complexity index is 312. The maximum absolute atomic E-state index is 9.54. The van der Waals surface area contributed by atoms with Crippen LogP contribution in [-0.2, 0) is 20.0 Å². The van der Waals surface area contributed by atoms with Crippen molar-refractivity contribution in [3.63, 3.8) is 0 Å². The van der Waals surface area contributed by atoms with Crippen molar-refractivity contribution in [2.24, 2.45) is 7.05 Å². The molecule has 15 heavy (non-hydrogen) atoms. The van der Waals surface area contributed by atoms with Crippen LogP contribution in [-0.4, -0.2) is 27.0 Å². The van der Waals surface area contributed by atoms with E-state index in [1.165, 1.54) is 5.56 Å². The van der Waals surface area contributed by atoms with Crippen molar-refractivity contribution in [1.82, 2.24) is 15.1 Å². The molecule has 0 unspecified atom stereocenters. The van der Waals surface area contributed by atoms with Crippen LogP contribution in [0.1, 0.15) is 32.0 Å². The first kappa shape index (κ1) is 12.2. The molecule has 1 heterocycles. The van der Waals surface area contributed by atoms with Gasteiger partial charge in [-0.25, -0.2) is 0 Å². The Morgan fingerprint density at radius 2 is 2.20 bits per heavy atom. The number of aromatic nitrogens is 2. The average molecular weight is 211 g/mol. The summed E-state index contributed by atoms with van der Waals surface area (Å²) in [4.78, 5) is 0. The van der Waals surface area contributed by atoms with Crippen LogP contribution in [0.25, 0.3) is 0 Å². The molecule has 0 atom stereocenters. The third-order valence-corrected chi connectivity index (χ3v) is 2.20. The van der Waals surface area contributed by atoms with Crippen molar-refractivity contribution in [2.75, 3.05) is 6.54 Å². The summed E-state index contributed by atoms with van der Waals surface area (Å²) in [6, 6.07) is 0. The molecule has 0 amide bonds. The Morgan fingerprint density at radius 1 is 1.53 bits per heavy atom. The molecule has 1 aromatic rings. The van der Waals surface area contributed by atoms with E-state index < -0.39 is 5.60 Å². The van der Waals surface area contributed by atoms with Crippen LogP contribution in [0.15, 0.2) is 6.20 Å². The van der Waals surface area contributed by atoms with Gasteiger partial charge >= 0.3 is 0 Å². The Kier molecular flexibility index (Phi) is 3.88. The highest BCUT2D eigenvalue weighted by Gasteiger charge is 2.12. The Labute approximate surface area is 91.3 Å². The molecular formula is C11H21N3O. The van der Waals surface area contributed by atoms with Gasteiger partial charge in [-0.2, -0.15) is 5.10 Å². The molecular weight excluding hydrogens is 190 g/mol. The lowest BCUT2D eigenvalue weighted by atomic mass is 10.1.